The smallest absolute Gasteiger partial charge is 0.328 e. The van der Waals surface area contributed by atoms with Crippen LogP contribution in [0.4, 0.5) is 0 Å². The summed E-state index contributed by atoms with van der Waals surface area (Å²) in [5, 5.41) is 8.72. The maximum Gasteiger partial charge on any atom is 0.328 e. The van der Waals surface area contributed by atoms with Gasteiger partial charge in [0.15, 0.2) is 0 Å². The first kappa shape index (κ1) is 15.3. The first-order chi connectivity index (χ1) is 10.2. The number of carbonyl (C=O) groups is 1. The van der Waals surface area contributed by atoms with Crippen LogP contribution in [0.3, 0.4) is 0 Å². The van der Waals surface area contributed by atoms with Crippen LogP contribution in [0, 0.1) is 0 Å². The topological polar surface area (TPSA) is 46.5 Å². The number of hydrogen-bond acceptors (Lipinski definition) is 2. The third-order valence-electron chi connectivity index (χ3n) is 2.88. The van der Waals surface area contributed by atoms with Crippen molar-refractivity contribution in [2.45, 2.75) is 6.42 Å². The molecule has 0 aromatic heterocycles. The molecule has 0 unspecified atom stereocenters. The van der Waals surface area contributed by atoms with Crippen molar-refractivity contribution in [1.29, 1.82) is 0 Å². The SMILES string of the molecule is O=C(O)C=Cc1cccc(Br)c1OCCc1ccccc1. The van der Waals surface area contributed by atoms with E-state index in [0.29, 0.717) is 12.4 Å². The van der Waals surface area contributed by atoms with Crippen molar-refractivity contribution < 1.29 is 14.6 Å². The lowest BCUT2D eigenvalue weighted by atomic mass is 10.1. The molecule has 0 spiro atoms. The highest BCUT2D eigenvalue weighted by atomic mass is 79.9. The highest BCUT2D eigenvalue weighted by molar-refractivity contribution is 9.10. The summed E-state index contributed by atoms with van der Waals surface area (Å²) >= 11 is 3.43. The van der Waals surface area contributed by atoms with Crippen LogP contribution in [0.1, 0.15) is 11.1 Å². The third-order valence-corrected chi connectivity index (χ3v) is 3.51. The van der Waals surface area contributed by atoms with Crippen LogP contribution in [0.2, 0.25) is 0 Å². The molecule has 108 valence electrons. The number of carboxylic acids is 1. The van der Waals surface area contributed by atoms with Crippen LogP contribution in [0.15, 0.2) is 59.1 Å². The molecule has 0 fully saturated rings. The second-order valence-electron chi connectivity index (χ2n) is 4.41. The Kier molecular flexibility index (Phi) is 5.58. The lowest BCUT2D eigenvalue weighted by molar-refractivity contribution is -0.131. The van der Waals surface area contributed by atoms with Crippen molar-refractivity contribution in [2.24, 2.45) is 0 Å². The monoisotopic (exact) mass is 346 g/mol. The molecular weight excluding hydrogens is 332 g/mol. The van der Waals surface area contributed by atoms with Gasteiger partial charge < -0.3 is 9.84 Å². The Bertz CT molecular complexity index is 636. The highest BCUT2D eigenvalue weighted by Crippen LogP contribution is 2.30. The minimum Gasteiger partial charge on any atom is -0.491 e. The molecule has 2 rings (SSSR count). The zero-order valence-corrected chi connectivity index (χ0v) is 12.9. The van der Waals surface area contributed by atoms with Gasteiger partial charge in [-0.15, -0.1) is 0 Å². The van der Waals surface area contributed by atoms with Crippen LogP contribution < -0.4 is 4.74 Å². The molecule has 21 heavy (non-hydrogen) atoms. The summed E-state index contributed by atoms with van der Waals surface area (Å²) in [6.45, 7) is 0.528. The molecule has 0 aliphatic heterocycles. The summed E-state index contributed by atoms with van der Waals surface area (Å²) in [4.78, 5) is 10.6. The van der Waals surface area contributed by atoms with Gasteiger partial charge in [0.25, 0.3) is 0 Å². The molecule has 0 saturated heterocycles. The predicted molar refractivity (Wildman–Crippen MR) is 86.5 cm³/mol. The molecule has 0 amide bonds. The van der Waals surface area contributed by atoms with E-state index in [1.807, 2.05) is 36.4 Å². The number of aliphatic carboxylic acids is 1. The Morgan fingerprint density at radius 1 is 1.14 bits per heavy atom. The lowest BCUT2D eigenvalue weighted by Crippen LogP contribution is -2.03. The minimum atomic E-state index is -0.981. The number of hydrogen-bond donors (Lipinski definition) is 1. The van der Waals surface area contributed by atoms with Gasteiger partial charge >= 0.3 is 5.97 Å². The molecule has 0 aliphatic carbocycles. The normalized spacial score (nSPS) is 10.7. The van der Waals surface area contributed by atoms with E-state index in [0.717, 1.165) is 22.5 Å². The number of ether oxygens (including phenoxy) is 1. The molecule has 4 heteroatoms. The summed E-state index contributed by atoms with van der Waals surface area (Å²) in [6, 6.07) is 15.6. The number of halogens is 1. The van der Waals surface area contributed by atoms with Gasteiger partial charge in [-0.1, -0.05) is 42.5 Å². The van der Waals surface area contributed by atoms with Gasteiger partial charge in [-0.2, -0.15) is 0 Å². The van der Waals surface area contributed by atoms with E-state index >= 15 is 0 Å². The number of para-hydroxylation sites is 1. The van der Waals surface area contributed by atoms with Crippen LogP contribution in [-0.2, 0) is 11.2 Å². The van der Waals surface area contributed by atoms with Crippen molar-refractivity contribution in [3.8, 4) is 5.75 Å². The predicted octanol–water partition coefficient (Wildman–Crippen LogP) is 4.17. The van der Waals surface area contributed by atoms with Gasteiger partial charge in [-0.05, 0) is 33.6 Å². The van der Waals surface area contributed by atoms with Crippen molar-refractivity contribution in [3.05, 3.63) is 70.2 Å². The summed E-state index contributed by atoms with van der Waals surface area (Å²) < 4.78 is 6.62. The largest absolute Gasteiger partial charge is 0.491 e. The summed E-state index contributed by atoms with van der Waals surface area (Å²) in [7, 11) is 0. The van der Waals surface area contributed by atoms with Gasteiger partial charge in [0.05, 0.1) is 11.1 Å². The van der Waals surface area contributed by atoms with Gasteiger partial charge in [-0.3, -0.25) is 0 Å². The maximum atomic E-state index is 10.6. The average Bonchev–Trinajstić information content (AvgIpc) is 2.48. The third kappa shape index (κ3) is 4.76. The minimum absolute atomic E-state index is 0.528. The highest BCUT2D eigenvalue weighted by Gasteiger charge is 2.06. The van der Waals surface area contributed by atoms with Gasteiger partial charge in [0.2, 0.25) is 0 Å². The first-order valence-corrected chi connectivity index (χ1v) is 7.32. The second-order valence-corrected chi connectivity index (χ2v) is 5.27. The molecule has 0 aliphatic rings. The number of carboxylic acid groups (broad SMARTS) is 1. The number of benzene rings is 2. The molecule has 3 nitrogen and oxygen atoms in total. The Morgan fingerprint density at radius 3 is 2.62 bits per heavy atom. The molecule has 0 atom stereocenters. The molecule has 2 aromatic rings. The fourth-order valence-electron chi connectivity index (χ4n) is 1.89. The van der Waals surface area contributed by atoms with E-state index in [1.165, 1.54) is 11.6 Å². The van der Waals surface area contributed by atoms with Crippen molar-refractivity contribution in [3.63, 3.8) is 0 Å². The van der Waals surface area contributed by atoms with Crippen molar-refractivity contribution in [2.75, 3.05) is 6.61 Å². The molecule has 0 heterocycles. The number of rotatable bonds is 6. The zero-order chi connectivity index (χ0) is 15.1. The Hall–Kier alpha value is -2.07. The Labute approximate surface area is 132 Å². The second kappa shape index (κ2) is 7.64. The van der Waals surface area contributed by atoms with E-state index in [2.05, 4.69) is 28.1 Å². The molecule has 0 radical (unpaired) electrons. The molecule has 2 aromatic carbocycles. The van der Waals surface area contributed by atoms with Crippen LogP contribution in [-0.4, -0.2) is 17.7 Å². The van der Waals surface area contributed by atoms with Gasteiger partial charge in [0, 0.05) is 18.1 Å². The summed E-state index contributed by atoms with van der Waals surface area (Å²) in [5.74, 6) is -0.323. The molecular formula is C17H15BrO3. The van der Waals surface area contributed by atoms with E-state index in [4.69, 9.17) is 9.84 Å². The van der Waals surface area contributed by atoms with Crippen LogP contribution in [0.25, 0.3) is 6.08 Å². The van der Waals surface area contributed by atoms with Crippen molar-refractivity contribution >= 4 is 28.0 Å². The summed E-state index contributed by atoms with van der Waals surface area (Å²) in [6.07, 6.45) is 3.43. The quantitative estimate of drug-likeness (QED) is 0.798. The molecule has 0 saturated carbocycles. The average molecular weight is 347 g/mol. The van der Waals surface area contributed by atoms with Crippen LogP contribution in [0.5, 0.6) is 5.75 Å². The fourth-order valence-corrected chi connectivity index (χ4v) is 2.38. The van der Waals surface area contributed by atoms with Crippen molar-refractivity contribution in [1.82, 2.24) is 0 Å². The molecule has 0 bridgehead atoms. The van der Waals surface area contributed by atoms with E-state index < -0.39 is 5.97 Å². The van der Waals surface area contributed by atoms with E-state index in [9.17, 15) is 4.79 Å². The fraction of sp³-hybridized carbons (Fsp3) is 0.118. The summed E-state index contributed by atoms with van der Waals surface area (Å²) in [5.41, 5.74) is 1.94. The standard InChI is InChI=1S/C17H15BrO3/c18-15-8-4-7-14(9-10-16(19)20)17(15)21-12-11-13-5-2-1-3-6-13/h1-10H,11-12H2,(H,19,20). The molecule has 1 N–H and O–H groups in total. The van der Waals surface area contributed by atoms with Gasteiger partial charge in [0.1, 0.15) is 5.75 Å². The van der Waals surface area contributed by atoms with Crippen LogP contribution >= 0.6 is 15.9 Å². The van der Waals surface area contributed by atoms with E-state index in [-0.39, 0.29) is 0 Å². The van der Waals surface area contributed by atoms with E-state index in [1.54, 1.807) is 0 Å². The zero-order valence-electron chi connectivity index (χ0n) is 11.3. The Balaban J connectivity index is 2.06. The lowest BCUT2D eigenvalue weighted by Gasteiger charge is -2.11. The first-order valence-electron chi connectivity index (χ1n) is 6.53. The maximum absolute atomic E-state index is 10.6. The Morgan fingerprint density at radius 2 is 1.90 bits per heavy atom. The van der Waals surface area contributed by atoms with Gasteiger partial charge in [-0.25, -0.2) is 4.79 Å².